The predicted octanol–water partition coefficient (Wildman–Crippen LogP) is 3.57. The Kier molecular flexibility index (Phi) is 6.17. The molecule has 33 heavy (non-hydrogen) atoms. The van der Waals surface area contributed by atoms with E-state index in [2.05, 4.69) is 10.3 Å². The molecule has 0 bridgehead atoms. The van der Waals surface area contributed by atoms with Crippen molar-refractivity contribution in [1.29, 1.82) is 0 Å². The van der Waals surface area contributed by atoms with Crippen molar-refractivity contribution in [3.05, 3.63) is 81.3 Å². The summed E-state index contributed by atoms with van der Waals surface area (Å²) in [6, 6.07) is 13.7. The van der Waals surface area contributed by atoms with E-state index in [0.717, 1.165) is 5.56 Å². The van der Waals surface area contributed by atoms with E-state index in [-0.39, 0.29) is 23.7 Å². The number of nitrogens with one attached hydrogen (secondary N) is 2. The summed E-state index contributed by atoms with van der Waals surface area (Å²) in [6.07, 6.45) is 0.722. The van der Waals surface area contributed by atoms with Crippen LogP contribution in [0.25, 0.3) is 0 Å². The minimum atomic E-state index is -0.584. The highest BCUT2D eigenvalue weighted by Crippen LogP contribution is 2.36. The lowest BCUT2D eigenvalue weighted by atomic mass is 9.81. The van der Waals surface area contributed by atoms with Gasteiger partial charge in [0.15, 0.2) is 17.3 Å². The van der Waals surface area contributed by atoms with Gasteiger partial charge in [0.05, 0.1) is 21.3 Å². The lowest BCUT2D eigenvalue weighted by Gasteiger charge is -2.24. The first-order chi connectivity index (χ1) is 15.9. The van der Waals surface area contributed by atoms with Gasteiger partial charge < -0.3 is 24.5 Å². The van der Waals surface area contributed by atoms with E-state index in [9.17, 15) is 14.4 Å². The normalized spacial score (nSPS) is 14.9. The Morgan fingerprint density at radius 3 is 2.30 bits per heavy atom. The number of pyridine rings is 1. The minimum Gasteiger partial charge on any atom is -0.497 e. The number of H-pyrrole nitrogens is 1. The van der Waals surface area contributed by atoms with Gasteiger partial charge in [-0.25, -0.2) is 0 Å². The maximum Gasteiger partial charge on any atom is 0.261 e. The number of carbonyl (C=O) groups is 2. The lowest BCUT2D eigenvalue weighted by Crippen LogP contribution is -2.29. The van der Waals surface area contributed by atoms with Gasteiger partial charge in [0.2, 0.25) is 0 Å². The molecule has 1 amide bonds. The molecule has 8 nitrogen and oxygen atoms in total. The second-order valence-corrected chi connectivity index (χ2v) is 7.73. The summed E-state index contributed by atoms with van der Waals surface area (Å²) in [4.78, 5) is 41.1. The number of fused-ring (bicyclic) bond motifs is 1. The molecule has 1 aliphatic rings. The molecule has 0 radical (unpaired) electrons. The van der Waals surface area contributed by atoms with E-state index in [4.69, 9.17) is 14.2 Å². The summed E-state index contributed by atoms with van der Waals surface area (Å²) >= 11 is 0. The van der Waals surface area contributed by atoms with Crippen LogP contribution in [0.1, 0.15) is 44.3 Å². The topological polar surface area (TPSA) is 107 Å². The number of rotatable bonds is 6. The molecule has 4 rings (SSSR count). The fourth-order valence-electron chi connectivity index (χ4n) is 4.01. The summed E-state index contributed by atoms with van der Waals surface area (Å²) in [7, 11) is 4.66. The van der Waals surface area contributed by atoms with Crippen molar-refractivity contribution in [1.82, 2.24) is 4.98 Å². The molecule has 1 aliphatic carbocycles. The third-order valence-electron chi connectivity index (χ3n) is 5.78. The fourth-order valence-corrected chi connectivity index (χ4v) is 4.01. The second-order valence-electron chi connectivity index (χ2n) is 7.73. The van der Waals surface area contributed by atoms with Gasteiger partial charge in [-0.2, -0.15) is 0 Å². The third-order valence-corrected chi connectivity index (χ3v) is 5.78. The number of ether oxygens (including phenoxy) is 3. The molecule has 2 aromatic carbocycles. The Labute approximate surface area is 190 Å². The molecular formula is C25H24N2O6. The molecule has 8 heteroatoms. The maximum atomic E-state index is 12.9. The highest BCUT2D eigenvalue weighted by atomic mass is 16.5. The number of benzene rings is 2. The van der Waals surface area contributed by atoms with Gasteiger partial charge in [-0.15, -0.1) is 0 Å². The van der Waals surface area contributed by atoms with Crippen LogP contribution < -0.4 is 25.1 Å². The van der Waals surface area contributed by atoms with Gasteiger partial charge in [-0.1, -0.05) is 6.07 Å². The number of methoxy groups -OCH3 is 3. The third kappa shape index (κ3) is 4.45. The Hall–Kier alpha value is -4.07. The van der Waals surface area contributed by atoms with E-state index in [0.29, 0.717) is 40.6 Å². The Morgan fingerprint density at radius 1 is 0.909 bits per heavy atom. The number of hydrogen-bond donors (Lipinski definition) is 2. The van der Waals surface area contributed by atoms with E-state index >= 15 is 0 Å². The number of carbonyl (C=O) groups excluding carboxylic acids is 2. The van der Waals surface area contributed by atoms with Crippen LogP contribution in [-0.4, -0.2) is 38.0 Å². The Morgan fingerprint density at radius 2 is 1.64 bits per heavy atom. The molecule has 1 atom stereocenters. The molecule has 0 spiro atoms. The fraction of sp³-hybridized carbons (Fsp3) is 0.240. The van der Waals surface area contributed by atoms with Crippen molar-refractivity contribution in [2.75, 3.05) is 26.6 Å². The van der Waals surface area contributed by atoms with E-state index in [1.807, 2.05) is 12.1 Å². The molecule has 0 saturated carbocycles. The van der Waals surface area contributed by atoms with Crippen molar-refractivity contribution in [3.8, 4) is 17.2 Å². The van der Waals surface area contributed by atoms with E-state index in [1.54, 1.807) is 51.7 Å². The zero-order valence-corrected chi connectivity index (χ0v) is 18.6. The first kappa shape index (κ1) is 22.1. The second kappa shape index (κ2) is 9.20. The van der Waals surface area contributed by atoms with Crippen LogP contribution in [0.5, 0.6) is 17.2 Å². The van der Waals surface area contributed by atoms with Gasteiger partial charge >= 0.3 is 0 Å². The predicted molar refractivity (Wildman–Crippen MR) is 123 cm³/mol. The molecule has 2 N–H and O–H groups in total. The Balaban J connectivity index is 1.59. The van der Waals surface area contributed by atoms with Crippen LogP contribution in [0.3, 0.4) is 0 Å². The molecule has 0 aliphatic heterocycles. The molecule has 0 unspecified atom stereocenters. The molecule has 170 valence electrons. The molecular weight excluding hydrogens is 424 g/mol. The summed E-state index contributed by atoms with van der Waals surface area (Å²) in [6.45, 7) is 0. The molecule has 1 aromatic heterocycles. The first-order valence-corrected chi connectivity index (χ1v) is 10.4. The van der Waals surface area contributed by atoms with Crippen molar-refractivity contribution < 1.29 is 23.8 Å². The molecule has 0 saturated heterocycles. The van der Waals surface area contributed by atoms with Gasteiger partial charge in [-0.3, -0.25) is 14.4 Å². The maximum absolute atomic E-state index is 12.9. The molecule has 3 aromatic rings. The Bertz CT molecular complexity index is 1260. The van der Waals surface area contributed by atoms with Crippen LogP contribution in [0.2, 0.25) is 0 Å². The van der Waals surface area contributed by atoms with E-state index in [1.165, 1.54) is 6.07 Å². The summed E-state index contributed by atoms with van der Waals surface area (Å²) in [5.74, 6) is 0.982. The number of Topliss-reactive ketones (excluding diaryl/α,β-unsaturated/α-hetero) is 1. The monoisotopic (exact) mass is 448 g/mol. The van der Waals surface area contributed by atoms with Gasteiger partial charge in [0.25, 0.3) is 11.5 Å². The minimum absolute atomic E-state index is 0.109. The van der Waals surface area contributed by atoms with Crippen LogP contribution in [0, 0.1) is 0 Å². The summed E-state index contributed by atoms with van der Waals surface area (Å²) in [5.41, 5.74) is 1.66. The number of anilines is 1. The number of aromatic nitrogens is 1. The summed E-state index contributed by atoms with van der Waals surface area (Å²) in [5, 5.41) is 2.68. The number of aromatic amines is 1. The number of amides is 1. The van der Waals surface area contributed by atoms with Crippen molar-refractivity contribution >= 4 is 17.4 Å². The van der Waals surface area contributed by atoms with Gasteiger partial charge in [0, 0.05) is 23.4 Å². The van der Waals surface area contributed by atoms with Crippen molar-refractivity contribution in [2.45, 2.75) is 18.8 Å². The highest BCUT2D eigenvalue weighted by Gasteiger charge is 2.29. The molecule has 0 fully saturated rings. The average molecular weight is 448 g/mol. The highest BCUT2D eigenvalue weighted by molar-refractivity contribution is 6.06. The molecule has 1 heterocycles. The number of hydrogen-bond acceptors (Lipinski definition) is 6. The van der Waals surface area contributed by atoms with E-state index < -0.39 is 11.5 Å². The largest absolute Gasteiger partial charge is 0.497 e. The van der Waals surface area contributed by atoms with Crippen LogP contribution in [-0.2, 0) is 6.42 Å². The first-order valence-electron chi connectivity index (χ1n) is 10.4. The van der Waals surface area contributed by atoms with Crippen LogP contribution in [0.4, 0.5) is 5.69 Å². The summed E-state index contributed by atoms with van der Waals surface area (Å²) < 4.78 is 15.7. The zero-order chi connectivity index (χ0) is 23.5. The number of ketones is 1. The van der Waals surface area contributed by atoms with Gasteiger partial charge in [0.1, 0.15) is 11.3 Å². The van der Waals surface area contributed by atoms with Crippen molar-refractivity contribution in [3.63, 3.8) is 0 Å². The van der Waals surface area contributed by atoms with Crippen LogP contribution >= 0.6 is 0 Å². The van der Waals surface area contributed by atoms with Crippen molar-refractivity contribution in [2.24, 2.45) is 0 Å². The standard InChI is InChI=1S/C25H24N2O6/c1-31-17-7-5-16(6-8-17)26-24(29)19-13-18-20(27-25(19)30)10-15(11-21(18)28)14-4-9-22(32-2)23(12-14)33-3/h4-9,12-13,15H,10-11H2,1-3H3,(H,26,29)(H,27,30)/t15-/m1/s1. The smallest absolute Gasteiger partial charge is 0.261 e. The average Bonchev–Trinajstić information content (AvgIpc) is 2.83. The van der Waals surface area contributed by atoms with Gasteiger partial charge in [-0.05, 0) is 60.4 Å². The lowest BCUT2D eigenvalue weighted by molar-refractivity contribution is 0.0963. The van der Waals surface area contributed by atoms with Crippen LogP contribution in [0.15, 0.2) is 53.3 Å². The zero-order valence-electron chi connectivity index (χ0n) is 18.6. The SMILES string of the molecule is COc1ccc(NC(=O)c2cc3c([nH]c2=O)C[C@@H](c2ccc(OC)c(OC)c2)CC3=O)cc1. The quantitative estimate of drug-likeness (QED) is 0.597.